The lowest BCUT2D eigenvalue weighted by atomic mass is 9.98. The standard InChI is InChI=1S/C24H22Cl2N2O4/c25-19-9-11-27-23(26)21(19)22(30)20(29)10-12-28-24(31)32-13-18-16-7-3-1-5-14(16)15-6-2-4-8-17(15)18/h1-9,11,18,20,22,29-30H,10,12-13H2,(H,28,31). The van der Waals surface area contributed by atoms with Crippen molar-refractivity contribution in [1.29, 1.82) is 0 Å². The molecule has 0 radical (unpaired) electrons. The summed E-state index contributed by atoms with van der Waals surface area (Å²) in [5, 5.41) is 23.5. The van der Waals surface area contributed by atoms with E-state index in [-0.39, 0.29) is 41.2 Å². The molecule has 0 saturated heterocycles. The molecule has 0 spiro atoms. The quantitative estimate of drug-likeness (QED) is 0.433. The van der Waals surface area contributed by atoms with Crippen LogP contribution in [-0.4, -0.2) is 40.5 Å². The van der Waals surface area contributed by atoms with Crippen LogP contribution in [0.1, 0.15) is 35.1 Å². The highest BCUT2D eigenvalue weighted by Gasteiger charge is 2.29. The van der Waals surface area contributed by atoms with Gasteiger partial charge < -0.3 is 20.3 Å². The van der Waals surface area contributed by atoms with Crippen LogP contribution >= 0.6 is 23.2 Å². The van der Waals surface area contributed by atoms with E-state index in [2.05, 4.69) is 22.4 Å². The van der Waals surface area contributed by atoms with Crippen LogP contribution in [-0.2, 0) is 4.74 Å². The zero-order valence-corrected chi connectivity index (χ0v) is 18.6. The van der Waals surface area contributed by atoms with E-state index in [1.165, 1.54) is 12.3 Å². The molecule has 0 bridgehead atoms. The molecule has 1 aromatic heterocycles. The highest BCUT2D eigenvalue weighted by Crippen LogP contribution is 2.44. The van der Waals surface area contributed by atoms with Gasteiger partial charge in [0, 0.05) is 24.2 Å². The Hall–Kier alpha value is -2.64. The number of alkyl carbamates (subject to hydrolysis) is 1. The fourth-order valence-corrected chi connectivity index (χ4v) is 4.59. The van der Waals surface area contributed by atoms with Crippen LogP contribution in [0.2, 0.25) is 10.2 Å². The number of halogens is 2. The number of carbonyl (C=O) groups excluding carboxylic acids is 1. The fourth-order valence-electron chi connectivity index (χ4n) is 4.01. The lowest BCUT2D eigenvalue weighted by Crippen LogP contribution is -2.30. The van der Waals surface area contributed by atoms with Crippen molar-refractivity contribution in [2.24, 2.45) is 0 Å². The number of aliphatic hydroxyl groups excluding tert-OH is 2. The smallest absolute Gasteiger partial charge is 0.407 e. The third-order valence-corrected chi connectivity index (χ3v) is 6.23. The first-order valence-electron chi connectivity index (χ1n) is 10.2. The van der Waals surface area contributed by atoms with Gasteiger partial charge in [0.25, 0.3) is 0 Å². The van der Waals surface area contributed by atoms with Crippen molar-refractivity contribution >= 4 is 29.3 Å². The second-order valence-electron chi connectivity index (χ2n) is 7.55. The number of benzene rings is 2. The lowest BCUT2D eigenvalue weighted by molar-refractivity contribution is 0.0136. The van der Waals surface area contributed by atoms with Gasteiger partial charge in [-0.15, -0.1) is 0 Å². The van der Waals surface area contributed by atoms with Crippen LogP contribution in [0.4, 0.5) is 4.79 Å². The number of nitrogens with zero attached hydrogens (tertiary/aromatic N) is 1. The monoisotopic (exact) mass is 472 g/mol. The third kappa shape index (κ3) is 4.59. The van der Waals surface area contributed by atoms with E-state index in [1.54, 1.807) is 0 Å². The maximum absolute atomic E-state index is 12.2. The second kappa shape index (κ2) is 9.88. The van der Waals surface area contributed by atoms with Crippen LogP contribution in [0.25, 0.3) is 11.1 Å². The molecule has 0 aliphatic heterocycles. The summed E-state index contributed by atoms with van der Waals surface area (Å²) in [6.07, 6.45) is -1.62. The molecule has 3 aromatic rings. The zero-order valence-electron chi connectivity index (χ0n) is 17.0. The van der Waals surface area contributed by atoms with E-state index in [9.17, 15) is 15.0 Å². The lowest BCUT2D eigenvalue weighted by Gasteiger charge is -2.20. The second-order valence-corrected chi connectivity index (χ2v) is 8.32. The molecule has 0 saturated carbocycles. The summed E-state index contributed by atoms with van der Waals surface area (Å²) < 4.78 is 5.46. The number of amides is 1. The SMILES string of the molecule is O=C(NCCC(O)C(O)c1c(Cl)ccnc1Cl)OCC1c2ccccc2-c2ccccc21. The minimum Gasteiger partial charge on any atom is -0.449 e. The summed E-state index contributed by atoms with van der Waals surface area (Å²) in [6, 6.07) is 17.7. The van der Waals surface area contributed by atoms with Gasteiger partial charge in [-0.1, -0.05) is 71.7 Å². The molecule has 1 aliphatic carbocycles. The van der Waals surface area contributed by atoms with Gasteiger partial charge in [-0.25, -0.2) is 9.78 Å². The number of aromatic nitrogens is 1. The van der Waals surface area contributed by atoms with Gasteiger partial charge in [-0.3, -0.25) is 0 Å². The summed E-state index contributed by atoms with van der Waals surface area (Å²) in [6.45, 7) is 0.302. The fraction of sp³-hybridized carbons (Fsp3) is 0.250. The molecule has 2 aromatic carbocycles. The number of hydrogen-bond acceptors (Lipinski definition) is 5. The molecule has 3 N–H and O–H groups in total. The van der Waals surface area contributed by atoms with Gasteiger partial charge in [0.1, 0.15) is 17.9 Å². The topological polar surface area (TPSA) is 91.7 Å². The Morgan fingerprint density at radius 3 is 2.28 bits per heavy atom. The van der Waals surface area contributed by atoms with Gasteiger partial charge in [-0.05, 0) is 34.7 Å². The first kappa shape index (κ1) is 22.6. The average molecular weight is 473 g/mol. The molecule has 4 rings (SSSR count). The number of ether oxygens (including phenoxy) is 1. The minimum absolute atomic E-state index is 0.0218. The van der Waals surface area contributed by atoms with Crippen molar-refractivity contribution in [1.82, 2.24) is 10.3 Å². The molecule has 1 amide bonds. The Balaban J connectivity index is 1.30. The average Bonchev–Trinajstić information content (AvgIpc) is 3.11. The maximum atomic E-state index is 12.2. The van der Waals surface area contributed by atoms with Crippen molar-refractivity contribution in [2.45, 2.75) is 24.5 Å². The van der Waals surface area contributed by atoms with Crippen molar-refractivity contribution < 1.29 is 19.7 Å². The molecule has 1 heterocycles. The summed E-state index contributed by atoms with van der Waals surface area (Å²) in [5.74, 6) is -0.0320. The summed E-state index contributed by atoms with van der Waals surface area (Å²) in [4.78, 5) is 16.1. The van der Waals surface area contributed by atoms with Crippen molar-refractivity contribution in [2.75, 3.05) is 13.2 Å². The Kier molecular flexibility index (Phi) is 6.96. The van der Waals surface area contributed by atoms with Crippen molar-refractivity contribution in [3.05, 3.63) is 87.7 Å². The summed E-state index contributed by atoms with van der Waals surface area (Å²) >= 11 is 12.0. The molecule has 166 valence electrons. The van der Waals surface area contributed by atoms with E-state index in [0.29, 0.717) is 0 Å². The van der Waals surface area contributed by atoms with Crippen LogP contribution in [0, 0.1) is 0 Å². The van der Waals surface area contributed by atoms with Gasteiger partial charge in [0.05, 0.1) is 11.1 Å². The van der Waals surface area contributed by atoms with E-state index < -0.39 is 18.3 Å². The highest BCUT2D eigenvalue weighted by atomic mass is 35.5. The zero-order chi connectivity index (χ0) is 22.7. The molecule has 6 nitrogen and oxygen atoms in total. The number of rotatable bonds is 7. The van der Waals surface area contributed by atoms with Crippen LogP contribution in [0.15, 0.2) is 60.8 Å². The Morgan fingerprint density at radius 2 is 1.66 bits per heavy atom. The summed E-state index contributed by atoms with van der Waals surface area (Å²) in [5.41, 5.74) is 4.73. The predicted molar refractivity (Wildman–Crippen MR) is 123 cm³/mol. The molecular formula is C24H22Cl2N2O4. The van der Waals surface area contributed by atoms with Gasteiger partial charge in [-0.2, -0.15) is 0 Å². The van der Waals surface area contributed by atoms with Crippen LogP contribution in [0.5, 0.6) is 0 Å². The molecule has 8 heteroatoms. The van der Waals surface area contributed by atoms with Crippen LogP contribution in [0.3, 0.4) is 0 Å². The van der Waals surface area contributed by atoms with Crippen LogP contribution < -0.4 is 5.32 Å². The Morgan fingerprint density at radius 1 is 1.03 bits per heavy atom. The van der Waals surface area contributed by atoms with Crippen molar-refractivity contribution in [3.8, 4) is 11.1 Å². The number of hydrogen-bond donors (Lipinski definition) is 3. The van der Waals surface area contributed by atoms with Gasteiger partial charge >= 0.3 is 6.09 Å². The Labute approximate surface area is 195 Å². The number of nitrogens with one attached hydrogen (secondary N) is 1. The van der Waals surface area contributed by atoms with E-state index in [4.69, 9.17) is 27.9 Å². The van der Waals surface area contributed by atoms with Gasteiger partial charge in [0.15, 0.2) is 0 Å². The first-order chi connectivity index (χ1) is 15.5. The summed E-state index contributed by atoms with van der Waals surface area (Å²) in [7, 11) is 0. The van der Waals surface area contributed by atoms with E-state index in [0.717, 1.165) is 22.3 Å². The third-order valence-electron chi connectivity index (χ3n) is 5.60. The number of fused-ring (bicyclic) bond motifs is 3. The minimum atomic E-state index is -1.33. The largest absolute Gasteiger partial charge is 0.449 e. The molecule has 32 heavy (non-hydrogen) atoms. The number of carbonyl (C=O) groups is 1. The number of aliphatic hydroxyl groups is 2. The predicted octanol–water partition coefficient (Wildman–Crippen LogP) is 4.71. The van der Waals surface area contributed by atoms with E-state index >= 15 is 0 Å². The molecule has 2 unspecified atom stereocenters. The molecule has 2 atom stereocenters. The van der Waals surface area contributed by atoms with E-state index in [1.807, 2.05) is 36.4 Å². The number of pyridine rings is 1. The normalized spacial score (nSPS) is 14.4. The molecular weight excluding hydrogens is 451 g/mol. The molecule has 1 aliphatic rings. The van der Waals surface area contributed by atoms with Crippen molar-refractivity contribution in [3.63, 3.8) is 0 Å². The highest BCUT2D eigenvalue weighted by molar-refractivity contribution is 6.35. The first-order valence-corrected chi connectivity index (χ1v) is 11.0. The molecule has 0 fully saturated rings. The maximum Gasteiger partial charge on any atom is 0.407 e. The Bertz CT molecular complexity index is 1060. The van der Waals surface area contributed by atoms with Gasteiger partial charge in [0.2, 0.25) is 0 Å².